The van der Waals surface area contributed by atoms with Gasteiger partial charge < -0.3 is 10.1 Å². The van der Waals surface area contributed by atoms with E-state index in [9.17, 15) is 9.90 Å². The van der Waals surface area contributed by atoms with Gasteiger partial charge in [0.1, 0.15) is 0 Å². The lowest BCUT2D eigenvalue weighted by molar-refractivity contribution is -0.147. The molecule has 0 bridgehead atoms. The van der Waals surface area contributed by atoms with Gasteiger partial charge in [0.15, 0.2) is 0 Å². The summed E-state index contributed by atoms with van der Waals surface area (Å²) < 4.78 is 0. The van der Waals surface area contributed by atoms with Gasteiger partial charge in [-0.3, -0.25) is 4.79 Å². The molecular formula is C19H19NO2. The van der Waals surface area contributed by atoms with Crippen molar-refractivity contribution in [3.63, 3.8) is 0 Å². The topological polar surface area (TPSA) is 53.1 Å². The first-order chi connectivity index (χ1) is 10.5. The highest BCUT2D eigenvalue weighted by molar-refractivity contribution is 5.81. The molecule has 3 nitrogen and oxygen atoms in total. The van der Waals surface area contributed by atoms with E-state index in [0.29, 0.717) is 0 Å². The highest BCUT2D eigenvalue weighted by Crippen LogP contribution is 2.41. The third-order valence-electron chi connectivity index (χ3n) is 4.32. The molecule has 0 saturated heterocycles. The summed E-state index contributed by atoms with van der Waals surface area (Å²) in [4.78, 5) is 15.0. The van der Waals surface area contributed by atoms with Gasteiger partial charge in [0, 0.05) is 17.6 Å². The molecule has 2 aromatic carbocycles. The summed E-state index contributed by atoms with van der Waals surface area (Å²) in [7, 11) is 0. The normalized spacial score (nSPS) is 13.2. The zero-order chi connectivity index (χ0) is 15.7. The predicted octanol–water partition coefficient (Wildman–Crippen LogP) is 4.41. The number of hydrogen-bond donors (Lipinski definition) is 2. The van der Waals surface area contributed by atoms with Crippen LogP contribution in [-0.4, -0.2) is 16.1 Å². The molecule has 1 heterocycles. The van der Waals surface area contributed by atoms with E-state index in [1.807, 2.05) is 54.7 Å². The first-order valence-corrected chi connectivity index (χ1v) is 7.35. The van der Waals surface area contributed by atoms with Gasteiger partial charge in [0.25, 0.3) is 0 Å². The smallest absolute Gasteiger partial charge is 0.310 e. The van der Waals surface area contributed by atoms with Crippen molar-refractivity contribution in [1.82, 2.24) is 4.98 Å². The molecule has 0 aliphatic heterocycles. The van der Waals surface area contributed by atoms with Crippen LogP contribution in [0.1, 0.15) is 30.9 Å². The SMILES string of the molecule is CC(C)(C(=O)O)C(c1ccccc1)c1ccc2[nH]ccc2c1. The molecule has 22 heavy (non-hydrogen) atoms. The van der Waals surface area contributed by atoms with Crippen LogP contribution in [0.5, 0.6) is 0 Å². The number of carboxylic acid groups (broad SMARTS) is 1. The summed E-state index contributed by atoms with van der Waals surface area (Å²) in [5, 5.41) is 10.8. The minimum atomic E-state index is -0.897. The van der Waals surface area contributed by atoms with Gasteiger partial charge in [-0.1, -0.05) is 36.4 Å². The number of fused-ring (bicyclic) bond motifs is 1. The molecule has 0 aliphatic rings. The quantitative estimate of drug-likeness (QED) is 0.748. The molecule has 0 fully saturated rings. The molecule has 3 heteroatoms. The number of hydrogen-bond acceptors (Lipinski definition) is 1. The minimum absolute atomic E-state index is 0.203. The van der Waals surface area contributed by atoms with Crippen LogP contribution < -0.4 is 0 Å². The number of benzene rings is 2. The predicted molar refractivity (Wildman–Crippen MR) is 88.0 cm³/mol. The number of aromatic nitrogens is 1. The molecule has 0 aliphatic carbocycles. The van der Waals surface area contributed by atoms with Crippen LogP contribution in [0.2, 0.25) is 0 Å². The molecule has 0 saturated carbocycles. The Morgan fingerprint density at radius 1 is 1.05 bits per heavy atom. The molecule has 0 spiro atoms. The van der Waals surface area contributed by atoms with Crippen LogP contribution >= 0.6 is 0 Å². The molecule has 1 atom stereocenters. The zero-order valence-corrected chi connectivity index (χ0v) is 12.7. The Labute approximate surface area is 129 Å². The van der Waals surface area contributed by atoms with Crippen LogP contribution in [-0.2, 0) is 4.79 Å². The lowest BCUT2D eigenvalue weighted by Crippen LogP contribution is -2.32. The summed E-state index contributed by atoms with van der Waals surface area (Å²) >= 11 is 0. The van der Waals surface area contributed by atoms with E-state index in [2.05, 4.69) is 11.1 Å². The van der Waals surface area contributed by atoms with E-state index >= 15 is 0 Å². The standard InChI is InChI=1S/C19H19NO2/c1-19(2,18(21)22)17(13-6-4-3-5-7-13)15-8-9-16-14(12-15)10-11-20-16/h3-12,17,20H,1-2H3,(H,21,22). The van der Waals surface area contributed by atoms with Gasteiger partial charge in [-0.05, 0) is 48.6 Å². The second-order valence-electron chi connectivity index (χ2n) is 6.19. The summed E-state index contributed by atoms with van der Waals surface area (Å²) in [6, 6.07) is 18.0. The molecule has 0 amide bonds. The van der Waals surface area contributed by atoms with Crippen LogP contribution in [0.15, 0.2) is 60.8 Å². The van der Waals surface area contributed by atoms with Crippen LogP contribution in [0, 0.1) is 5.41 Å². The zero-order valence-electron chi connectivity index (χ0n) is 12.7. The lowest BCUT2D eigenvalue weighted by Gasteiger charge is -2.31. The Bertz CT molecular complexity index is 802. The average molecular weight is 293 g/mol. The Hall–Kier alpha value is -2.55. The van der Waals surface area contributed by atoms with E-state index in [0.717, 1.165) is 22.0 Å². The number of H-pyrrole nitrogens is 1. The molecule has 112 valence electrons. The fourth-order valence-corrected chi connectivity index (χ4v) is 3.05. The average Bonchev–Trinajstić information content (AvgIpc) is 2.96. The third kappa shape index (κ3) is 2.39. The van der Waals surface area contributed by atoms with E-state index < -0.39 is 11.4 Å². The van der Waals surface area contributed by atoms with Crippen molar-refractivity contribution in [3.05, 3.63) is 71.9 Å². The minimum Gasteiger partial charge on any atom is -0.481 e. The van der Waals surface area contributed by atoms with Crippen molar-refractivity contribution in [2.45, 2.75) is 19.8 Å². The number of aromatic amines is 1. The maximum Gasteiger partial charge on any atom is 0.310 e. The van der Waals surface area contributed by atoms with E-state index in [1.165, 1.54) is 0 Å². The molecule has 1 unspecified atom stereocenters. The second-order valence-corrected chi connectivity index (χ2v) is 6.19. The molecule has 2 N–H and O–H groups in total. The highest BCUT2D eigenvalue weighted by Gasteiger charge is 2.38. The Morgan fingerprint density at radius 3 is 2.45 bits per heavy atom. The van der Waals surface area contributed by atoms with E-state index in [4.69, 9.17) is 0 Å². The monoisotopic (exact) mass is 293 g/mol. The fourth-order valence-electron chi connectivity index (χ4n) is 3.05. The number of nitrogens with one attached hydrogen (secondary N) is 1. The van der Waals surface area contributed by atoms with E-state index in [-0.39, 0.29) is 5.92 Å². The van der Waals surface area contributed by atoms with Gasteiger partial charge >= 0.3 is 5.97 Å². The first kappa shape index (κ1) is 14.4. The van der Waals surface area contributed by atoms with Crippen molar-refractivity contribution in [1.29, 1.82) is 0 Å². The summed E-state index contributed by atoms with van der Waals surface area (Å²) in [5.41, 5.74) is 2.20. The van der Waals surface area contributed by atoms with E-state index in [1.54, 1.807) is 13.8 Å². The Morgan fingerprint density at radius 2 is 1.77 bits per heavy atom. The summed E-state index contributed by atoms with van der Waals surface area (Å²) in [6.07, 6.45) is 1.90. The lowest BCUT2D eigenvalue weighted by atomic mass is 9.71. The van der Waals surface area contributed by atoms with Crippen LogP contribution in [0.25, 0.3) is 10.9 Å². The van der Waals surface area contributed by atoms with Gasteiger partial charge in [-0.25, -0.2) is 0 Å². The molecule has 0 radical (unpaired) electrons. The maximum atomic E-state index is 11.8. The van der Waals surface area contributed by atoms with Crippen LogP contribution in [0.3, 0.4) is 0 Å². The summed E-state index contributed by atoms with van der Waals surface area (Å²) in [5.74, 6) is -0.999. The van der Waals surface area contributed by atoms with Crippen LogP contribution in [0.4, 0.5) is 0 Å². The van der Waals surface area contributed by atoms with Gasteiger partial charge in [-0.15, -0.1) is 0 Å². The highest BCUT2D eigenvalue weighted by atomic mass is 16.4. The number of rotatable bonds is 4. The Balaban J connectivity index is 2.18. The maximum absolute atomic E-state index is 11.8. The molecular weight excluding hydrogens is 274 g/mol. The van der Waals surface area contributed by atoms with Crippen molar-refractivity contribution in [2.75, 3.05) is 0 Å². The number of aliphatic carboxylic acids is 1. The largest absolute Gasteiger partial charge is 0.481 e. The van der Waals surface area contributed by atoms with Gasteiger partial charge in [0.2, 0.25) is 0 Å². The fraction of sp³-hybridized carbons (Fsp3) is 0.211. The van der Waals surface area contributed by atoms with Gasteiger partial charge in [-0.2, -0.15) is 0 Å². The number of carbonyl (C=O) groups is 1. The van der Waals surface area contributed by atoms with Crippen molar-refractivity contribution >= 4 is 16.9 Å². The van der Waals surface area contributed by atoms with Crippen molar-refractivity contribution < 1.29 is 9.90 Å². The Kier molecular flexibility index (Phi) is 3.49. The third-order valence-corrected chi connectivity index (χ3v) is 4.32. The molecule has 3 aromatic rings. The first-order valence-electron chi connectivity index (χ1n) is 7.35. The molecule has 3 rings (SSSR count). The van der Waals surface area contributed by atoms with Gasteiger partial charge in [0.05, 0.1) is 5.41 Å². The second kappa shape index (κ2) is 5.34. The molecule has 1 aromatic heterocycles. The number of carboxylic acids is 1. The van der Waals surface area contributed by atoms with Crippen molar-refractivity contribution in [3.8, 4) is 0 Å². The summed E-state index contributed by atoms with van der Waals surface area (Å²) in [6.45, 7) is 3.57. The van der Waals surface area contributed by atoms with Crippen molar-refractivity contribution in [2.24, 2.45) is 5.41 Å².